The SMILES string of the molecule is CC=CC(C)N(CC#Cc1ccccc1)Cc1ccccc1. The molecule has 112 valence electrons. The highest BCUT2D eigenvalue weighted by molar-refractivity contribution is 5.33. The highest BCUT2D eigenvalue weighted by Gasteiger charge is 2.10. The highest BCUT2D eigenvalue weighted by atomic mass is 15.1. The van der Waals surface area contributed by atoms with Gasteiger partial charge in [0.2, 0.25) is 0 Å². The average molecular weight is 289 g/mol. The monoisotopic (exact) mass is 289 g/mol. The van der Waals surface area contributed by atoms with Crippen molar-refractivity contribution >= 4 is 0 Å². The number of hydrogen-bond donors (Lipinski definition) is 0. The van der Waals surface area contributed by atoms with E-state index in [4.69, 9.17) is 0 Å². The third-order valence-corrected chi connectivity index (χ3v) is 3.56. The van der Waals surface area contributed by atoms with E-state index in [0.717, 1.165) is 18.7 Å². The van der Waals surface area contributed by atoms with E-state index in [-0.39, 0.29) is 0 Å². The van der Waals surface area contributed by atoms with E-state index in [1.54, 1.807) is 0 Å². The quantitative estimate of drug-likeness (QED) is 0.578. The van der Waals surface area contributed by atoms with Gasteiger partial charge in [-0.2, -0.15) is 0 Å². The van der Waals surface area contributed by atoms with Gasteiger partial charge in [0, 0.05) is 18.2 Å². The maximum atomic E-state index is 3.30. The minimum absolute atomic E-state index is 0.371. The van der Waals surface area contributed by atoms with Gasteiger partial charge in [0.25, 0.3) is 0 Å². The summed E-state index contributed by atoms with van der Waals surface area (Å²) < 4.78 is 0. The summed E-state index contributed by atoms with van der Waals surface area (Å²) in [6.07, 6.45) is 4.32. The molecule has 0 aromatic heterocycles. The molecule has 0 radical (unpaired) electrons. The first-order valence-electron chi connectivity index (χ1n) is 7.74. The average Bonchev–Trinajstić information content (AvgIpc) is 2.56. The maximum Gasteiger partial charge on any atom is 0.0613 e. The van der Waals surface area contributed by atoms with Gasteiger partial charge in [-0.1, -0.05) is 72.5 Å². The number of hydrogen-bond acceptors (Lipinski definition) is 1. The number of benzene rings is 2. The van der Waals surface area contributed by atoms with E-state index in [2.05, 4.69) is 73.1 Å². The first-order valence-corrected chi connectivity index (χ1v) is 7.74. The minimum atomic E-state index is 0.371. The standard InChI is InChI=1S/C21H23N/c1-3-11-19(2)22(18-21-14-8-5-9-15-21)17-10-16-20-12-6-4-7-13-20/h3-9,11-15,19H,17-18H2,1-2H3. The molecule has 2 rings (SSSR count). The van der Waals surface area contributed by atoms with Gasteiger partial charge in [0.15, 0.2) is 0 Å². The van der Waals surface area contributed by atoms with Crippen LogP contribution in [0.15, 0.2) is 72.8 Å². The lowest BCUT2D eigenvalue weighted by Gasteiger charge is -2.25. The van der Waals surface area contributed by atoms with Crippen molar-refractivity contribution in [3.8, 4) is 11.8 Å². The Balaban J connectivity index is 2.06. The second-order valence-corrected chi connectivity index (χ2v) is 5.32. The van der Waals surface area contributed by atoms with Crippen LogP contribution in [0.2, 0.25) is 0 Å². The predicted octanol–water partition coefficient (Wildman–Crippen LogP) is 4.50. The van der Waals surface area contributed by atoms with Crippen molar-refractivity contribution in [2.45, 2.75) is 26.4 Å². The molecule has 2 aromatic carbocycles. The van der Waals surface area contributed by atoms with Crippen LogP contribution in [-0.4, -0.2) is 17.5 Å². The van der Waals surface area contributed by atoms with Crippen molar-refractivity contribution in [1.82, 2.24) is 4.90 Å². The fourth-order valence-electron chi connectivity index (χ4n) is 2.33. The van der Waals surface area contributed by atoms with Crippen LogP contribution in [-0.2, 0) is 6.54 Å². The summed E-state index contributed by atoms with van der Waals surface area (Å²) in [6, 6.07) is 21.1. The third kappa shape index (κ3) is 5.24. The number of allylic oxidation sites excluding steroid dienone is 1. The molecule has 2 aromatic rings. The summed E-state index contributed by atoms with van der Waals surface area (Å²) in [5, 5.41) is 0. The van der Waals surface area contributed by atoms with E-state index in [1.807, 2.05) is 30.3 Å². The zero-order valence-corrected chi connectivity index (χ0v) is 13.4. The molecular weight excluding hydrogens is 266 g/mol. The Labute approximate surface area is 134 Å². The summed E-state index contributed by atoms with van der Waals surface area (Å²) in [6.45, 7) is 5.95. The molecule has 0 spiro atoms. The molecule has 1 nitrogen and oxygen atoms in total. The van der Waals surface area contributed by atoms with E-state index in [0.29, 0.717) is 6.04 Å². The van der Waals surface area contributed by atoms with Crippen molar-refractivity contribution in [2.75, 3.05) is 6.54 Å². The van der Waals surface area contributed by atoms with Crippen molar-refractivity contribution < 1.29 is 0 Å². The molecule has 0 saturated heterocycles. The summed E-state index contributed by atoms with van der Waals surface area (Å²) in [5.41, 5.74) is 2.39. The van der Waals surface area contributed by atoms with E-state index in [9.17, 15) is 0 Å². The van der Waals surface area contributed by atoms with Crippen molar-refractivity contribution in [3.05, 3.63) is 83.9 Å². The Bertz CT molecular complexity index is 632. The molecule has 0 amide bonds. The topological polar surface area (TPSA) is 3.24 Å². The zero-order valence-electron chi connectivity index (χ0n) is 13.4. The van der Waals surface area contributed by atoms with Crippen LogP contribution in [0.5, 0.6) is 0 Å². The van der Waals surface area contributed by atoms with Crippen molar-refractivity contribution in [3.63, 3.8) is 0 Å². The second-order valence-electron chi connectivity index (χ2n) is 5.32. The Kier molecular flexibility index (Phi) is 6.48. The Hall–Kier alpha value is -2.30. The number of rotatable bonds is 5. The minimum Gasteiger partial charge on any atom is -0.282 e. The molecule has 22 heavy (non-hydrogen) atoms. The van der Waals surface area contributed by atoms with Gasteiger partial charge in [-0.3, -0.25) is 4.90 Å². The van der Waals surface area contributed by atoms with Crippen LogP contribution in [0.25, 0.3) is 0 Å². The first-order chi connectivity index (χ1) is 10.8. The normalized spacial score (nSPS) is 12.1. The van der Waals surface area contributed by atoms with Crippen LogP contribution >= 0.6 is 0 Å². The molecule has 0 saturated carbocycles. The molecule has 0 bridgehead atoms. The molecule has 0 aliphatic carbocycles. The summed E-state index contributed by atoms with van der Waals surface area (Å²) >= 11 is 0. The Morgan fingerprint density at radius 3 is 2.27 bits per heavy atom. The number of nitrogens with zero attached hydrogens (tertiary/aromatic N) is 1. The van der Waals surface area contributed by atoms with Gasteiger partial charge >= 0.3 is 0 Å². The molecule has 0 fully saturated rings. The Morgan fingerprint density at radius 1 is 1.00 bits per heavy atom. The molecule has 1 unspecified atom stereocenters. The molecule has 0 aliphatic heterocycles. The van der Waals surface area contributed by atoms with Gasteiger partial charge < -0.3 is 0 Å². The van der Waals surface area contributed by atoms with E-state index in [1.165, 1.54) is 5.56 Å². The van der Waals surface area contributed by atoms with Gasteiger partial charge in [-0.05, 0) is 31.5 Å². The molecule has 0 heterocycles. The van der Waals surface area contributed by atoms with Crippen LogP contribution in [0.3, 0.4) is 0 Å². The largest absolute Gasteiger partial charge is 0.282 e. The fourth-order valence-corrected chi connectivity index (χ4v) is 2.33. The molecular formula is C21H23N. The lowest BCUT2D eigenvalue weighted by molar-refractivity contribution is 0.262. The first kappa shape index (κ1) is 16.1. The summed E-state index contributed by atoms with van der Waals surface area (Å²) in [4.78, 5) is 2.38. The second kappa shape index (κ2) is 8.87. The lowest BCUT2D eigenvalue weighted by Crippen LogP contribution is -2.31. The molecule has 1 atom stereocenters. The van der Waals surface area contributed by atoms with Gasteiger partial charge in [-0.15, -0.1) is 0 Å². The lowest BCUT2D eigenvalue weighted by atomic mass is 10.1. The summed E-state index contributed by atoms with van der Waals surface area (Å²) in [7, 11) is 0. The van der Waals surface area contributed by atoms with Crippen LogP contribution in [0, 0.1) is 11.8 Å². The summed E-state index contributed by atoms with van der Waals surface area (Å²) in [5.74, 6) is 6.55. The van der Waals surface area contributed by atoms with Gasteiger partial charge in [0.1, 0.15) is 0 Å². The maximum absolute atomic E-state index is 3.30. The van der Waals surface area contributed by atoms with Crippen LogP contribution in [0.4, 0.5) is 0 Å². The van der Waals surface area contributed by atoms with Crippen molar-refractivity contribution in [1.29, 1.82) is 0 Å². The highest BCUT2D eigenvalue weighted by Crippen LogP contribution is 2.09. The zero-order chi connectivity index (χ0) is 15.6. The molecule has 0 N–H and O–H groups in total. The van der Waals surface area contributed by atoms with E-state index >= 15 is 0 Å². The van der Waals surface area contributed by atoms with Gasteiger partial charge in [0.05, 0.1) is 6.54 Å². The third-order valence-electron chi connectivity index (χ3n) is 3.56. The van der Waals surface area contributed by atoms with Crippen LogP contribution < -0.4 is 0 Å². The predicted molar refractivity (Wildman–Crippen MR) is 94.4 cm³/mol. The fraction of sp³-hybridized carbons (Fsp3) is 0.238. The van der Waals surface area contributed by atoms with E-state index < -0.39 is 0 Å². The molecule has 0 aliphatic rings. The smallest absolute Gasteiger partial charge is 0.0613 e. The van der Waals surface area contributed by atoms with Crippen molar-refractivity contribution in [2.24, 2.45) is 0 Å². The van der Waals surface area contributed by atoms with Gasteiger partial charge in [-0.25, -0.2) is 0 Å². The Morgan fingerprint density at radius 2 is 1.64 bits per heavy atom. The molecule has 1 heteroatoms. The van der Waals surface area contributed by atoms with Crippen LogP contribution in [0.1, 0.15) is 25.0 Å².